The largest absolute Gasteiger partial charge is 0.0149 e. The summed E-state index contributed by atoms with van der Waals surface area (Å²) >= 11 is 0. The van der Waals surface area contributed by atoms with Gasteiger partial charge in [0.2, 0.25) is 0 Å². The maximum atomic E-state index is 0. The molecule has 0 aliphatic carbocycles. The monoisotopic (exact) mass is 209 g/mol. The molecule has 35 valence electrons. The average Bonchev–Trinajstić information content (AvgIpc) is 0. The van der Waals surface area contributed by atoms with Gasteiger partial charge in [0, 0.05) is 59.3 Å². The van der Waals surface area contributed by atoms with Crippen molar-refractivity contribution in [3.8, 4) is 0 Å². The van der Waals surface area contributed by atoms with E-state index in [1.165, 1.54) is 0 Å². The molecule has 0 aromatic carbocycles. The van der Waals surface area contributed by atoms with Crippen molar-refractivity contribution in [3.63, 3.8) is 0 Å². The molecule has 5 heavy (non-hydrogen) atoms. The minimum absolute atomic E-state index is 0. The maximum Gasteiger partial charge on any atom is 0 e. The molecule has 0 fully saturated rings. The van der Waals surface area contributed by atoms with Gasteiger partial charge in [-0.3, -0.25) is 0 Å². The summed E-state index contributed by atoms with van der Waals surface area (Å²) in [6.45, 7) is 0. The third-order valence-electron chi connectivity index (χ3n) is 0. The molecule has 0 rings (SSSR count). The van der Waals surface area contributed by atoms with Gasteiger partial charge in [0.15, 0.2) is 0 Å². The minimum atomic E-state index is 0. The molecule has 0 saturated carbocycles. The summed E-state index contributed by atoms with van der Waals surface area (Å²) < 4.78 is 0. The van der Waals surface area contributed by atoms with Crippen molar-refractivity contribution >= 4 is 19.4 Å². The van der Waals surface area contributed by atoms with E-state index < -0.39 is 0 Å². The molecule has 0 spiro atoms. The van der Waals surface area contributed by atoms with Crippen molar-refractivity contribution in [2.75, 3.05) is 0 Å². The second-order valence-corrected chi connectivity index (χ2v) is 0. The van der Waals surface area contributed by atoms with Gasteiger partial charge in [-0.25, -0.2) is 0 Å². The van der Waals surface area contributed by atoms with Gasteiger partial charge in [-0.05, 0) is 11.0 Å². The molecule has 0 heterocycles. The van der Waals surface area contributed by atoms with Crippen LogP contribution >= 0.6 is 0 Å². The fraction of sp³-hybridized carbons (Fsp3) is 0. The van der Waals surface area contributed by atoms with E-state index in [1.54, 1.807) is 0 Å². The van der Waals surface area contributed by atoms with Crippen LogP contribution in [0.25, 0.3) is 0 Å². The van der Waals surface area contributed by atoms with Crippen LogP contribution in [-0.4, -0.2) is 19.4 Å². The number of rotatable bonds is 0. The predicted molar refractivity (Wildman–Crippen MR) is 17.1 cm³/mol. The summed E-state index contributed by atoms with van der Waals surface area (Å²) in [4.78, 5) is 0. The Morgan fingerprint density at radius 3 is 1.00 bits per heavy atom. The van der Waals surface area contributed by atoms with Crippen molar-refractivity contribution in [2.45, 2.75) is 0 Å². The molecule has 0 atom stereocenters. The first-order valence-corrected chi connectivity index (χ1v) is 0. The van der Waals surface area contributed by atoms with Gasteiger partial charge in [-0.1, -0.05) is 0 Å². The van der Waals surface area contributed by atoms with E-state index in [-0.39, 0.29) is 70.3 Å². The smallest absolute Gasteiger partial charge is 0 e. The first-order valence-electron chi connectivity index (χ1n) is 0. The zero-order chi connectivity index (χ0) is 0. The Labute approximate surface area is 70.0 Å². The van der Waals surface area contributed by atoms with Crippen LogP contribution in [0.1, 0.15) is 0 Å². The van der Waals surface area contributed by atoms with Crippen LogP contribution in [0.5, 0.6) is 0 Å². The van der Waals surface area contributed by atoms with Gasteiger partial charge < -0.3 is 0 Å². The SMILES string of the molecule is [B].[Cr].[Fe].[Ni].[SiH4]. The van der Waals surface area contributed by atoms with E-state index in [0.717, 1.165) is 0 Å². The van der Waals surface area contributed by atoms with Crippen LogP contribution in [0.2, 0.25) is 0 Å². The van der Waals surface area contributed by atoms with Gasteiger partial charge in [0.25, 0.3) is 0 Å². The zero-order valence-electron chi connectivity index (χ0n) is 1.66. The minimum Gasteiger partial charge on any atom is -0.0149 e. The molecule has 0 aliphatic heterocycles. The summed E-state index contributed by atoms with van der Waals surface area (Å²) in [6.07, 6.45) is 0. The molecule has 0 N–H and O–H groups in total. The molecule has 0 amide bonds. The Bertz CT molecular complexity index is 11.6. The number of hydrogen-bond acceptors (Lipinski definition) is 0. The fourth-order valence-electron chi connectivity index (χ4n) is 0. The third-order valence-corrected chi connectivity index (χ3v) is 0. The van der Waals surface area contributed by atoms with Gasteiger partial charge in [0.1, 0.15) is 0 Å². The van der Waals surface area contributed by atoms with Gasteiger partial charge in [-0.15, -0.1) is 0 Å². The third kappa shape index (κ3) is 25.6. The van der Waals surface area contributed by atoms with Crippen molar-refractivity contribution in [2.24, 2.45) is 0 Å². The Morgan fingerprint density at radius 2 is 1.00 bits per heavy atom. The Hall–Kier alpha value is 1.83. The Morgan fingerprint density at radius 1 is 1.00 bits per heavy atom. The molecular weight excluding hydrogens is 205 g/mol. The summed E-state index contributed by atoms with van der Waals surface area (Å²) in [6, 6.07) is 0. The predicted octanol–water partition coefficient (Wildman–Crippen LogP) is -1.84. The zero-order valence-corrected chi connectivity index (χ0v) is 5.02. The van der Waals surface area contributed by atoms with Gasteiger partial charge in [0.05, 0.1) is 0 Å². The van der Waals surface area contributed by atoms with E-state index in [1.807, 2.05) is 0 Å². The molecule has 0 aliphatic rings. The molecule has 0 saturated heterocycles. The molecule has 0 aromatic heterocycles. The fourth-order valence-corrected chi connectivity index (χ4v) is 0. The standard InChI is InChI=1S/B.Cr.Fe.Ni.H4Si/h;;;;1H4. The van der Waals surface area contributed by atoms with Crippen LogP contribution in [0.3, 0.4) is 0 Å². The van der Waals surface area contributed by atoms with Crippen LogP contribution in [0.15, 0.2) is 0 Å². The average molecular weight is 209 g/mol. The van der Waals surface area contributed by atoms with E-state index in [9.17, 15) is 0 Å². The molecule has 0 unspecified atom stereocenters. The van der Waals surface area contributed by atoms with Crippen molar-refractivity contribution in [3.05, 3.63) is 0 Å². The van der Waals surface area contributed by atoms with E-state index in [0.29, 0.717) is 0 Å². The van der Waals surface area contributed by atoms with Crippen LogP contribution < -0.4 is 0 Å². The second kappa shape index (κ2) is 40.7. The van der Waals surface area contributed by atoms with Crippen LogP contribution in [-0.2, 0) is 50.9 Å². The number of hydrogen-bond donors (Lipinski definition) is 0. The summed E-state index contributed by atoms with van der Waals surface area (Å²) in [5.74, 6) is 0. The van der Waals surface area contributed by atoms with E-state index in [2.05, 4.69) is 0 Å². The molecule has 5 heteroatoms. The first kappa shape index (κ1) is 69.4. The molecular formula is H4BCrFeNiSi. The maximum absolute atomic E-state index is 0. The molecule has 3 radical (unpaired) electrons. The molecule has 0 bridgehead atoms. The van der Waals surface area contributed by atoms with E-state index in [4.69, 9.17) is 0 Å². The quantitative estimate of drug-likeness (QED) is 0.412. The Balaban J connectivity index is 0. The normalized spacial score (nSPS) is 0. The summed E-state index contributed by atoms with van der Waals surface area (Å²) in [7, 11) is 0. The van der Waals surface area contributed by atoms with Crippen LogP contribution in [0, 0.1) is 0 Å². The van der Waals surface area contributed by atoms with E-state index >= 15 is 0 Å². The second-order valence-electron chi connectivity index (χ2n) is 0. The van der Waals surface area contributed by atoms with Crippen molar-refractivity contribution in [1.82, 2.24) is 0 Å². The van der Waals surface area contributed by atoms with Crippen LogP contribution in [0.4, 0.5) is 0 Å². The molecule has 0 nitrogen and oxygen atoms in total. The van der Waals surface area contributed by atoms with Crippen molar-refractivity contribution < 1.29 is 50.9 Å². The summed E-state index contributed by atoms with van der Waals surface area (Å²) in [5, 5.41) is 0. The van der Waals surface area contributed by atoms with Crippen molar-refractivity contribution in [1.29, 1.82) is 0 Å². The topological polar surface area (TPSA) is 0 Å². The first-order chi connectivity index (χ1) is 0. The summed E-state index contributed by atoms with van der Waals surface area (Å²) in [5.41, 5.74) is 0. The Kier molecular flexibility index (Phi) is 565. The molecule has 0 aromatic rings. The van der Waals surface area contributed by atoms with Gasteiger partial charge >= 0.3 is 0 Å². The van der Waals surface area contributed by atoms with Gasteiger partial charge in [-0.2, -0.15) is 0 Å².